The molecule has 4 heteroatoms. The van der Waals surface area contributed by atoms with Crippen molar-refractivity contribution in [2.45, 2.75) is 0 Å². The molecule has 0 amide bonds. The topological polar surface area (TPSA) is 42.4 Å². The summed E-state index contributed by atoms with van der Waals surface area (Å²) in [4.78, 5) is 7.40. The van der Waals surface area contributed by atoms with Crippen molar-refractivity contribution in [1.29, 1.82) is 0 Å². The van der Waals surface area contributed by atoms with Crippen molar-refractivity contribution in [2.24, 2.45) is 0 Å². The first-order chi connectivity index (χ1) is 29.2. The summed E-state index contributed by atoms with van der Waals surface area (Å²) in [5.74, 6) is 0.571. The van der Waals surface area contributed by atoms with Crippen LogP contribution in [0.25, 0.3) is 89.0 Å². The molecule has 59 heavy (non-hydrogen) atoms. The van der Waals surface area contributed by atoms with Crippen LogP contribution in [-0.4, -0.2) is 4.98 Å². The lowest BCUT2D eigenvalue weighted by Crippen LogP contribution is -2.11. The van der Waals surface area contributed by atoms with Gasteiger partial charge in [-0.2, -0.15) is 0 Å². The predicted octanol–water partition coefficient (Wildman–Crippen LogP) is 15.5. The maximum atomic E-state index is 6.77. The molecule has 0 aliphatic carbocycles. The van der Waals surface area contributed by atoms with Gasteiger partial charge in [-0.3, -0.25) is 0 Å². The molecule has 0 spiro atoms. The first kappa shape index (κ1) is 34.3. The fourth-order valence-corrected chi connectivity index (χ4v) is 8.30. The lowest BCUT2D eigenvalue weighted by molar-refractivity contribution is 0.621. The normalized spacial score (nSPS) is 11.4. The van der Waals surface area contributed by atoms with Gasteiger partial charge in [-0.25, -0.2) is 4.98 Å². The van der Waals surface area contributed by atoms with E-state index in [9.17, 15) is 0 Å². The number of rotatable bonds is 8. The molecule has 11 rings (SSSR count). The third-order valence-electron chi connectivity index (χ3n) is 11.1. The zero-order chi connectivity index (χ0) is 39.1. The van der Waals surface area contributed by atoms with Gasteiger partial charge in [0.05, 0.1) is 5.69 Å². The number of hydrogen-bond donors (Lipinski definition) is 0. The van der Waals surface area contributed by atoms with Crippen molar-refractivity contribution in [3.8, 4) is 56.0 Å². The number of para-hydroxylation sites is 1. The highest BCUT2D eigenvalue weighted by Crippen LogP contribution is 2.47. The third-order valence-corrected chi connectivity index (χ3v) is 11.1. The number of fused-ring (bicyclic) bond motifs is 4. The standard InChI is InChI=1S/C55H36N2O2/c1-5-16-37(17-6-1)39-28-31-44(32-29-39)57(45-25-15-24-42(34-45)38-18-7-2-8-19-38)49-33-30-43(35-47(49)40-20-9-3-10-21-40)52-53-46-26-13-14-27-50(46)58-51(53)36-48-54(52)59-55(56-48)41-22-11-4-12-23-41/h1-36H. The third kappa shape index (κ3) is 6.24. The average molecular weight is 757 g/mol. The highest BCUT2D eigenvalue weighted by atomic mass is 16.4. The Kier molecular flexibility index (Phi) is 8.45. The van der Waals surface area contributed by atoms with E-state index < -0.39 is 0 Å². The lowest BCUT2D eigenvalue weighted by Gasteiger charge is -2.29. The van der Waals surface area contributed by atoms with Gasteiger partial charge in [-0.1, -0.05) is 158 Å². The summed E-state index contributed by atoms with van der Waals surface area (Å²) < 4.78 is 13.3. The molecule has 0 saturated carbocycles. The molecule has 0 radical (unpaired) electrons. The van der Waals surface area contributed by atoms with E-state index in [0.29, 0.717) is 5.89 Å². The Labute approximate surface area is 341 Å². The minimum Gasteiger partial charge on any atom is -0.456 e. The average Bonchev–Trinajstić information content (AvgIpc) is 3.91. The zero-order valence-corrected chi connectivity index (χ0v) is 32.0. The summed E-state index contributed by atoms with van der Waals surface area (Å²) in [6.07, 6.45) is 0. The van der Waals surface area contributed by atoms with Crippen LogP contribution in [0.2, 0.25) is 0 Å². The highest BCUT2D eigenvalue weighted by Gasteiger charge is 2.24. The van der Waals surface area contributed by atoms with Gasteiger partial charge >= 0.3 is 0 Å². The predicted molar refractivity (Wildman–Crippen MR) is 243 cm³/mol. The van der Waals surface area contributed by atoms with Crippen LogP contribution < -0.4 is 4.90 Å². The number of furan rings is 1. The van der Waals surface area contributed by atoms with E-state index in [4.69, 9.17) is 13.8 Å². The molecule has 0 atom stereocenters. The van der Waals surface area contributed by atoms with Gasteiger partial charge in [0.15, 0.2) is 5.58 Å². The molecule has 0 aliphatic heterocycles. The van der Waals surface area contributed by atoms with Crippen LogP contribution >= 0.6 is 0 Å². The van der Waals surface area contributed by atoms with Gasteiger partial charge in [0, 0.05) is 44.9 Å². The Morgan fingerprint density at radius 1 is 0.373 bits per heavy atom. The zero-order valence-electron chi connectivity index (χ0n) is 32.0. The van der Waals surface area contributed by atoms with E-state index in [1.807, 2.05) is 48.5 Å². The van der Waals surface area contributed by atoms with Crippen molar-refractivity contribution < 1.29 is 8.83 Å². The summed E-state index contributed by atoms with van der Waals surface area (Å²) in [6.45, 7) is 0. The number of hydrogen-bond acceptors (Lipinski definition) is 4. The van der Waals surface area contributed by atoms with Crippen molar-refractivity contribution in [3.63, 3.8) is 0 Å². The quantitative estimate of drug-likeness (QED) is 0.155. The minimum atomic E-state index is 0.571. The van der Waals surface area contributed by atoms with Crippen molar-refractivity contribution in [3.05, 3.63) is 218 Å². The molecule has 2 aromatic heterocycles. The molecule has 0 bridgehead atoms. The minimum absolute atomic E-state index is 0.571. The molecule has 11 aromatic rings. The van der Waals surface area contributed by atoms with Crippen LogP contribution in [0.3, 0.4) is 0 Å². The SMILES string of the molecule is c1ccc(-c2ccc(N(c3cccc(-c4ccccc4)c3)c3ccc(-c4c5oc(-c6ccccc6)nc5cc5oc6ccccc6c45)cc3-c3ccccc3)cc2)cc1. The number of oxazole rings is 1. The summed E-state index contributed by atoms with van der Waals surface area (Å²) in [6, 6.07) is 76.5. The second-order valence-electron chi connectivity index (χ2n) is 14.7. The molecule has 4 nitrogen and oxygen atoms in total. The molecule has 9 aromatic carbocycles. The van der Waals surface area contributed by atoms with E-state index >= 15 is 0 Å². The molecule has 278 valence electrons. The van der Waals surface area contributed by atoms with Gasteiger partial charge < -0.3 is 13.7 Å². The van der Waals surface area contributed by atoms with E-state index in [1.54, 1.807) is 0 Å². The molecule has 0 fully saturated rings. The Hall–Kier alpha value is -7.95. The number of anilines is 3. The van der Waals surface area contributed by atoms with E-state index in [2.05, 4.69) is 175 Å². The number of benzene rings is 9. The molecular formula is C55H36N2O2. The lowest BCUT2D eigenvalue weighted by atomic mass is 9.93. The van der Waals surface area contributed by atoms with Crippen LogP contribution in [0.4, 0.5) is 17.1 Å². The molecule has 0 aliphatic rings. The molecule has 0 saturated heterocycles. The monoisotopic (exact) mass is 756 g/mol. The number of nitrogens with zero attached hydrogens (tertiary/aromatic N) is 2. The fourth-order valence-electron chi connectivity index (χ4n) is 8.30. The summed E-state index contributed by atoms with van der Waals surface area (Å²) >= 11 is 0. The smallest absolute Gasteiger partial charge is 0.227 e. The van der Waals surface area contributed by atoms with Gasteiger partial charge in [0.2, 0.25) is 5.89 Å². The Morgan fingerprint density at radius 2 is 0.949 bits per heavy atom. The molecular weight excluding hydrogens is 721 g/mol. The first-order valence-corrected chi connectivity index (χ1v) is 19.9. The second kappa shape index (κ2) is 14.5. The second-order valence-corrected chi connectivity index (χ2v) is 14.7. The van der Waals surface area contributed by atoms with E-state index in [-0.39, 0.29) is 0 Å². The van der Waals surface area contributed by atoms with Crippen molar-refractivity contribution in [1.82, 2.24) is 4.98 Å². The molecule has 2 heterocycles. The largest absolute Gasteiger partial charge is 0.456 e. The van der Waals surface area contributed by atoms with Crippen LogP contribution in [0.15, 0.2) is 227 Å². The highest BCUT2D eigenvalue weighted by molar-refractivity contribution is 6.19. The van der Waals surface area contributed by atoms with Gasteiger partial charge in [0.1, 0.15) is 16.7 Å². The van der Waals surface area contributed by atoms with Gasteiger partial charge in [-0.05, 0) is 88.0 Å². The Bertz CT molecular complexity index is 3240. The van der Waals surface area contributed by atoms with E-state index in [1.165, 1.54) is 11.1 Å². The van der Waals surface area contributed by atoms with Crippen LogP contribution in [0.5, 0.6) is 0 Å². The van der Waals surface area contributed by atoms with Gasteiger partial charge in [0.25, 0.3) is 0 Å². The summed E-state index contributed by atoms with van der Waals surface area (Å²) in [7, 11) is 0. The van der Waals surface area contributed by atoms with Crippen LogP contribution in [0.1, 0.15) is 0 Å². The Balaban J connectivity index is 1.16. The van der Waals surface area contributed by atoms with Crippen molar-refractivity contribution >= 4 is 50.1 Å². The number of aromatic nitrogens is 1. The van der Waals surface area contributed by atoms with Gasteiger partial charge in [-0.15, -0.1) is 0 Å². The van der Waals surface area contributed by atoms with Crippen LogP contribution in [0, 0.1) is 0 Å². The van der Waals surface area contributed by atoms with Crippen LogP contribution in [-0.2, 0) is 0 Å². The Morgan fingerprint density at radius 3 is 1.66 bits per heavy atom. The maximum Gasteiger partial charge on any atom is 0.227 e. The maximum absolute atomic E-state index is 6.77. The van der Waals surface area contributed by atoms with Crippen molar-refractivity contribution in [2.75, 3.05) is 4.90 Å². The molecule has 0 unspecified atom stereocenters. The molecule has 0 N–H and O–H groups in total. The summed E-state index contributed by atoms with van der Waals surface area (Å²) in [5, 5.41) is 2.03. The van der Waals surface area contributed by atoms with E-state index in [0.717, 1.165) is 89.0 Å². The fraction of sp³-hybridized carbons (Fsp3) is 0. The first-order valence-electron chi connectivity index (χ1n) is 19.9. The summed E-state index contributed by atoms with van der Waals surface area (Å²) in [5.41, 5.74) is 15.9.